The van der Waals surface area contributed by atoms with Crippen LogP contribution in [0, 0.1) is 0 Å². The molecule has 0 atom stereocenters. The van der Waals surface area contributed by atoms with Crippen molar-refractivity contribution in [2.45, 2.75) is 19.8 Å². The van der Waals surface area contributed by atoms with Crippen LogP contribution in [-0.4, -0.2) is 37.3 Å². The molecule has 0 bridgehead atoms. The van der Waals surface area contributed by atoms with Gasteiger partial charge in [-0.15, -0.1) is 11.6 Å². The molecule has 0 aromatic carbocycles. The van der Waals surface area contributed by atoms with Gasteiger partial charge in [0.1, 0.15) is 0 Å². The number of unbranched alkanes of at least 4 members (excludes halogenated alkanes) is 1. The minimum Gasteiger partial charge on any atom is -0.366 e. The second-order valence-electron chi connectivity index (χ2n) is 3.34. The van der Waals surface area contributed by atoms with Gasteiger partial charge < -0.3 is 10.6 Å². The molecule has 0 aliphatic heterocycles. The number of carbonyl (C=O) groups excluding carboxylic acids is 1. The lowest BCUT2D eigenvalue weighted by molar-refractivity contribution is -0.114. The third-order valence-corrected chi connectivity index (χ3v) is 1.68. The number of primary amides is 1. The molecule has 3 nitrogen and oxygen atoms in total. The first-order valence-electron chi connectivity index (χ1n) is 4.57. The zero-order valence-corrected chi connectivity index (χ0v) is 10.1. The largest absolute Gasteiger partial charge is 0.366 e. The highest BCUT2D eigenvalue weighted by atomic mass is 35.5. The van der Waals surface area contributed by atoms with Crippen molar-refractivity contribution in [1.82, 2.24) is 4.90 Å². The van der Waals surface area contributed by atoms with Gasteiger partial charge in [0.2, 0.25) is 5.91 Å². The Labute approximate surface area is 91.9 Å². The Kier molecular flexibility index (Phi) is 12.0. The van der Waals surface area contributed by atoms with Crippen LogP contribution in [0.3, 0.4) is 0 Å². The van der Waals surface area contributed by atoms with Crippen molar-refractivity contribution in [3.8, 4) is 0 Å². The first-order chi connectivity index (χ1) is 6.41. The maximum atomic E-state index is 9.82. The summed E-state index contributed by atoms with van der Waals surface area (Å²) < 4.78 is 0. The fourth-order valence-corrected chi connectivity index (χ4v) is 0.712. The summed E-state index contributed by atoms with van der Waals surface area (Å²) in [6, 6.07) is 0. The van der Waals surface area contributed by atoms with Gasteiger partial charge in [-0.1, -0.05) is 6.58 Å². The third kappa shape index (κ3) is 17.5. The SMILES string of the molecule is C=C(C)C(N)=O.CN(C)CCCCCl. The van der Waals surface area contributed by atoms with E-state index in [1.54, 1.807) is 6.92 Å². The van der Waals surface area contributed by atoms with Gasteiger partial charge in [-0.05, 0) is 40.4 Å². The average Bonchev–Trinajstić information content (AvgIpc) is 2.05. The number of rotatable bonds is 5. The molecule has 0 unspecified atom stereocenters. The van der Waals surface area contributed by atoms with E-state index in [1.807, 2.05) is 0 Å². The molecule has 0 radical (unpaired) electrons. The quantitative estimate of drug-likeness (QED) is 0.435. The molecule has 0 aliphatic carbocycles. The molecule has 0 spiro atoms. The van der Waals surface area contributed by atoms with E-state index in [0.717, 1.165) is 18.8 Å². The van der Waals surface area contributed by atoms with Crippen molar-refractivity contribution in [3.05, 3.63) is 12.2 Å². The predicted molar refractivity (Wildman–Crippen MR) is 62.5 cm³/mol. The molecule has 0 saturated carbocycles. The van der Waals surface area contributed by atoms with Gasteiger partial charge >= 0.3 is 0 Å². The Balaban J connectivity index is 0. The molecular weight excluding hydrogens is 200 g/mol. The predicted octanol–water partition coefficient (Wildman–Crippen LogP) is 1.61. The molecule has 0 rings (SSSR count). The highest BCUT2D eigenvalue weighted by molar-refractivity contribution is 6.17. The van der Waals surface area contributed by atoms with Crippen LogP contribution in [0.1, 0.15) is 19.8 Å². The molecule has 0 heterocycles. The lowest BCUT2D eigenvalue weighted by Crippen LogP contribution is -2.12. The van der Waals surface area contributed by atoms with Crippen molar-refractivity contribution in [2.75, 3.05) is 26.5 Å². The summed E-state index contributed by atoms with van der Waals surface area (Å²) in [6.45, 7) is 6.01. The molecule has 0 fully saturated rings. The smallest absolute Gasteiger partial charge is 0.243 e. The molecule has 84 valence electrons. The van der Waals surface area contributed by atoms with Crippen LogP contribution in [0.25, 0.3) is 0 Å². The number of nitrogens with two attached hydrogens (primary N) is 1. The van der Waals surface area contributed by atoms with E-state index in [2.05, 4.69) is 25.6 Å². The maximum absolute atomic E-state index is 9.82. The van der Waals surface area contributed by atoms with Gasteiger partial charge in [0.05, 0.1) is 0 Å². The number of hydrogen-bond donors (Lipinski definition) is 1. The average molecular weight is 221 g/mol. The van der Waals surface area contributed by atoms with E-state index >= 15 is 0 Å². The molecule has 4 heteroatoms. The zero-order valence-electron chi connectivity index (χ0n) is 9.35. The minimum atomic E-state index is -0.435. The number of alkyl halides is 1. The van der Waals surface area contributed by atoms with Crippen molar-refractivity contribution in [1.29, 1.82) is 0 Å². The Morgan fingerprint density at radius 3 is 2.07 bits per heavy atom. The Bertz CT molecular complexity index is 158. The maximum Gasteiger partial charge on any atom is 0.243 e. The lowest BCUT2D eigenvalue weighted by atomic mass is 10.3. The van der Waals surface area contributed by atoms with Crippen molar-refractivity contribution in [2.24, 2.45) is 5.73 Å². The summed E-state index contributed by atoms with van der Waals surface area (Å²) in [5, 5.41) is 0. The second kappa shape index (κ2) is 10.5. The van der Waals surface area contributed by atoms with Crippen molar-refractivity contribution < 1.29 is 4.79 Å². The highest BCUT2D eigenvalue weighted by Gasteiger charge is 1.87. The number of hydrogen-bond acceptors (Lipinski definition) is 2. The lowest BCUT2D eigenvalue weighted by Gasteiger charge is -2.06. The fourth-order valence-electron chi connectivity index (χ4n) is 0.523. The van der Waals surface area contributed by atoms with Crippen molar-refractivity contribution >= 4 is 17.5 Å². The van der Waals surface area contributed by atoms with Crippen LogP contribution in [0.4, 0.5) is 0 Å². The van der Waals surface area contributed by atoms with Crippen LogP contribution >= 0.6 is 11.6 Å². The number of carbonyl (C=O) groups is 1. The zero-order chi connectivity index (χ0) is 11.6. The fraction of sp³-hybridized carbons (Fsp3) is 0.700. The van der Waals surface area contributed by atoms with E-state index in [0.29, 0.717) is 5.57 Å². The summed E-state index contributed by atoms with van der Waals surface area (Å²) in [6.07, 6.45) is 2.36. The first-order valence-corrected chi connectivity index (χ1v) is 5.11. The molecule has 0 aromatic rings. The van der Waals surface area contributed by atoms with Gasteiger partial charge in [0.25, 0.3) is 0 Å². The number of amides is 1. The highest BCUT2D eigenvalue weighted by Crippen LogP contribution is 1.91. The summed E-state index contributed by atoms with van der Waals surface area (Å²) in [4.78, 5) is 12.0. The summed E-state index contributed by atoms with van der Waals surface area (Å²) >= 11 is 5.47. The Morgan fingerprint density at radius 2 is 1.86 bits per heavy atom. The van der Waals surface area contributed by atoms with Crippen molar-refractivity contribution in [3.63, 3.8) is 0 Å². The minimum absolute atomic E-state index is 0.398. The molecule has 0 aliphatic rings. The first kappa shape index (κ1) is 15.9. The van der Waals surface area contributed by atoms with E-state index in [-0.39, 0.29) is 0 Å². The Morgan fingerprint density at radius 1 is 1.43 bits per heavy atom. The standard InChI is InChI=1S/C6H14ClN.C4H7NO/c1-8(2)6-4-3-5-7;1-3(2)4(5)6/h3-6H2,1-2H3;1H2,2H3,(H2,5,6). The van der Waals surface area contributed by atoms with Crippen LogP contribution in [0.5, 0.6) is 0 Å². The summed E-state index contributed by atoms with van der Waals surface area (Å²) in [5.74, 6) is 0.364. The van der Waals surface area contributed by atoms with Gasteiger partial charge in [-0.3, -0.25) is 4.79 Å². The summed E-state index contributed by atoms with van der Waals surface area (Å²) in [5.41, 5.74) is 5.09. The molecule has 0 saturated heterocycles. The molecular formula is C10H21ClN2O. The van der Waals surface area contributed by atoms with Gasteiger partial charge in [0, 0.05) is 11.5 Å². The number of halogens is 1. The van der Waals surface area contributed by atoms with Gasteiger partial charge in [-0.25, -0.2) is 0 Å². The number of nitrogens with zero attached hydrogens (tertiary/aromatic N) is 1. The molecule has 2 N–H and O–H groups in total. The van der Waals surface area contributed by atoms with Crippen LogP contribution in [0.2, 0.25) is 0 Å². The van der Waals surface area contributed by atoms with E-state index in [9.17, 15) is 4.79 Å². The van der Waals surface area contributed by atoms with Crippen LogP contribution in [-0.2, 0) is 4.79 Å². The van der Waals surface area contributed by atoms with E-state index < -0.39 is 5.91 Å². The van der Waals surface area contributed by atoms with E-state index in [1.165, 1.54) is 6.42 Å². The Hall–Kier alpha value is -0.540. The van der Waals surface area contributed by atoms with Crippen LogP contribution < -0.4 is 5.73 Å². The monoisotopic (exact) mass is 220 g/mol. The normalized spacial score (nSPS) is 9.21. The van der Waals surface area contributed by atoms with Gasteiger partial charge in [0.15, 0.2) is 0 Å². The molecule has 0 aromatic heterocycles. The molecule has 14 heavy (non-hydrogen) atoms. The third-order valence-electron chi connectivity index (χ3n) is 1.41. The van der Waals surface area contributed by atoms with Gasteiger partial charge in [-0.2, -0.15) is 0 Å². The van der Waals surface area contributed by atoms with Crippen LogP contribution in [0.15, 0.2) is 12.2 Å². The summed E-state index contributed by atoms with van der Waals surface area (Å²) in [7, 11) is 4.16. The second-order valence-corrected chi connectivity index (χ2v) is 3.72. The van der Waals surface area contributed by atoms with E-state index in [4.69, 9.17) is 17.3 Å². The molecule has 1 amide bonds. The topological polar surface area (TPSA) is 46.3 Å².